The van der Waals surface area contributed by atoms with Gasteiger partial charge in [-0.15, -0.1) is 0 Å². The largest absolute Gasteiger partial charge is 0.496 e. The molecule has 0 spiro atoms. The van der Waals surface area contributed by atoms with E-state index < -0.39 is 0 Å². The number of benzene rings is 3. The van der Waals surface area contributed by atoms with Crippen molar-refractivity contribution in [2.24, 2.45) is 5.92 Å². The van der Waals surface area contributed by atoms with Crippen LogP contribution in [0.5, 0.6) is 5.75 Å². The molecule has 0 aromatic heterocycles. The highest BCUT2D eigenvalue weighted by molar-refractivity contribution is 6.02. The topological polar surface area (TPSA) is 59.6 Å². The molecule has 0 aliphatic carbocycles. The summed E-state index contributed by atoms with van der Waals surface area (Å²) in [5.74, 6) is 0.914. The molecule has 3 rings (SSSR count). The zero-order chi connectivity index (χ0) is 24.7. The lowest BCUT2D eigenvalue weighted by molar-refractivity contribution is 0.0601. The van der Waals surface area contributed by atoms with Gasteiger partial charge in [0.15, 0.2) is 0 Å². The minimum Gasteiger partial charge on any atom is -0.496 e. The number of esters is 1. The molecule has 0 unspecified atom stereocenters. The number of carbonyl (C=O) groups excluding carboxylic acids is 1. The number of rotatable bonds is 10. The first-order chi connectivity index (χ1) is 16.4. The Morgan fingerprint density at radius 2 is 1.50 bits per heavy atom. The molecule has 3 aromatic carbocycles. The first kappa shape index (κ1) is 25.2. The highest BCUT2D eigenvalue weighted by Crippen LogP contribution is 2.41. The number of hydrogen-bond acceptors (Lipinski definition) is 5. The number of methoxy groups -OCH3 is 2. The number of ether oxygens (including phenoxy) is 2. The summed E-state index contributed by atoms with van der Waals surface area (Å²) in [5, 5.41) is 6.83. The van der Waals surface area contributed by atoms with Gasteiger partial charge in [0.05, 0.1) is 19.8 Å². The maximum absolute atomic E-state index is 12.9. The average Bonchev–Trinajstić information content (AvgIpc) is 2.85. The number of hydrogen-bond donors (Lipinski definition) is 2. The summed E-state index contributed by atoms with van der Waals surface area (Å²) < 4.78 is 11.0. The van der Waals surface area contributed by atoms with Crippen molar-refractivity contribution in [1.29, 1.82) is 0 Å². The summed E-state index contributed by atoms with van der Waals surface area (Å²) in [6.45, 7) is 10.3. The van der Waals surface area contributed by atoms with E-state index in [2.05, 4.69) is 55.7 Å². The Kier molecular flexibility index (Phi) is 8.58. The molecular formula is C29H36N2O3. The summed E-state index contributed by atoms with van der Waals surface area (Å²) in [7, 11) is 3.08. The molecule has 5 nitrogen and oxygen atoms in total. The van der Waals surface area contributed by atoms with E-state index in [-0.39, 0.29) is 5.97 Å². The van der Waals surface area contributed by atoms with Crippen LogP contribution in [0.3, 0.4) is 0 Å². The standard InChI is InChI=1S/C29H36N2O3/c1-7-16-30-23-14-10-22(11-15-23)27-20(4)28(29(32)34-6)25(17-26(27)33-5)21-8-12-24(13-9-21)31-18-19(2)3/h8-15,17,19,30-31H,7,16,18H2,1-6H3. The van der Waals surface area contributed by atoms with Crippen molar-refractivity contribution in [3.05, 3.63) is 65.7 Å². The third-order valence-corrected chi connectivity index (χ3v) is 5.81. The molecule has 5 heteroatoms. The van der Waals surface area contributed by atoms with E-state index in [4.69, 9.17) is 9.47 Å². The molecule has 0 atom stereocenters. The van der Waals surface area contributed by atoms with Crippen LogP contribution in [0.25, 0.3) is 22.3 Å². The fourth-order valence-electron chi connectivity index (χ4n) is 4.01. The van der Waals surface area contributed by atoms with Gasteiger partial charge in [0.25, 0.3) is 0 Å². The van der Waals surface area contributed by atoms with Crippen LogP contribution in [0.15, 0.2) is 54.6 Å². The Hall–Kier alpha value is -3.47. The Morgan fingerprint density at radius 1 is 0.912 bits per heavy atom. The first-order valence-electron chi connectivity index (χ1n) is 11.9. The van der Waals surface area contributed by atoms with Crippen molar-refractivity contribution in [2.75, 3.05) is 37.9 Å². The van der Waals surface area contributed by atoms with Crippen LogP contribution in [0.1, 0.15) is 43.1 Å². The third-order valence-electron chi connectivity index (χ3n) is 5.81. The van der Waals surface area contributed by atoms with Crippen molar-refractivity contribution in [3.8, 4) is 28.0 Å². The van der Waals surface area contributed by atoms with Crippen molar-refractivity contribution < 1.29 is 14.3 Å². The molecule has 2 N–H and O–H groups in total. The van der Waals surface area contributed by atoms with Gasteiger partial charge in [-0.05, 0) is 66.3 Å². The van der Waals surface area contributed by atoms with Crippen molar-refractivity contribution in [1.82, 2.24) is 0 Å². The van der Waals surface area contributed by atoms with E-state index in [1.807, 2.05) is 37.3 Å². The monoisotopic (exact) mass is 460 g/mol. The second-order valence-electron chi connectivity index (χ2n) is 8.85. The van der Waals surface area contributed by atoms with Gasteiger partial charge >= 0.3 is 5.97 Å². The zero-order valence-electron chi connectivity index (χ0n) is 21.1. The minimum absolute atomic E-state index is 0.361. The second kappa shape index (κ2) is 11.6. The molecule has 34 heavy (non-hydrogen) atoms. The number of nitrogens with one attached hydrogen (secondary N) is 2. The molecule has 0 saturated heterocycles. The normalized spacial score (nSPS) is 10.8. The van der Waals surface area contributed by atoms with Crippen LogP contribution in [-0.2, 0) is 4.74 Å². The van der Waals surface area contributed by atoms with Gasteiger partial charge in [-0.1, -0.05) is 45.0 Å². The van der Waals surface area contributed by atoms with Crippen LogP contribution in [0.2, 0.25) is 0 Å². The van der Waals surface area contributed by atoms with Crippen LogP contribution < -0.4 is 15.4 Å². The molecule has 0 amide bonds. The summed E-state index contributed by atoms with van der Waals surface area (Å²) >= 11 is 0. The highest BCUT2D eigenvalue weighted by atomic mass is 16.5. The summed E-state index contributed by atoms with van der Waals surface area (Å²) in [6, 6.07) is 18.3. The molecule has 0 heterocycles. The van der Waals surface area contributed by atoms with Crippen molar-refractivity contribution in [3.63, 3.8) is 0 Å². The van der Waals surface area contributed by atoms with E-state index in [0.717, 1.165) is 64.5 Å². The van der Waals surface area contributed by atoms with E-state index in [1.54, 1.807) is 7.11 Å². The average molecular weight is 461 g/mol. The maximum Gasteiger partial charge on any atom is 0.338 e. The van der Waals surface area contributed by atoms with Crippen LogP contribution in [-0.4, -0.2) is 33.3 Å². The lowest BCUT2D eigenvalue weighted by Crippen LogP contribution is -2.09. The van der Waals surface area contributed by atoms with Gasteiger partial charge in [-0.2, -0.15) is 0 Å². The highest BCUT2D eigenvalue weighted by Gasteiger charge is 2.23. The summed E-state index contributed by atoms with van der Waals surface area (Å²) in [4.78, 5) is 12.9. The Morgan fingerprint density at radius 3 is 2.03 bits per heavy atom. The van der Waals surface area contributed by atoms with Gasteiger partial charge in [0, 0.05) is 35.6 Å². The van der Waals surface area contributed by atoms with Gasteiger partial charge < -0.3 is 20.1 Å². The fourth-order valence-corrected chi connectivity index (χ4v) is 4.01. The SMILES string of the molecule is CCCNc1ccc(-c2c(OC)cc(-c3ccc(NCC(C)C)cc3)c(C(=O)OC)c2C)cc1. The Balaban J connectivity index is 2.08. The zero-order valence-corrected chi connectivity index (χ0v) is 21.1. The lowest BCUT2D eigenvalue weighted by Gasteiger charge is -2.20. The molecule has 0 saturated carbocycles. The molecule has 3 aromatic rings. The predicted molar refractivity (Wildman–Crippen MR) is 142 cm³/mol. The summed E-state index contributed by atoms with van der Waals surface area (Å²) in [6.07, 6.45) is 1.06. The molecular weight excluding hydrogens is 424 g/mol. The smallest absolute Gasteiger partial charge is 0.338 e. The predicted octanol–water partition coefficient (Wildman–Crippen LogP) is 7.01. The van der Waals surface area contributed by atoms with Gasteiger partial charge in [0.1, 0.15) is 5.75 Å². The van der Waals surface area contributed by atoms with E-state index in [9.17, 15) is 4.79 Å². The maximum atomic E-state index is 12.9. The first-order valence-corrected chi connectivity index (χ1v) is 11.9. The van der Waals surface area contributed by atoms with E-state index in [0.29, 0.717) is 11.5 Å². The third kappa shape index (κ3) is 5.71. The molecule has 0 aliphatic rings. The molecule has 0 fully saturated rings. The van der Waals surface area contributed by atoms with Crippen LogP contribution in [0, 0.1) is 12.8 Å². The molecule has 180 valence electrons. The molecule has 0 aliphatic heterocycles. The fraction of sp³-hybridized carbons (Fsp3) is 0.345. The van der Waals surface area contributed by atoms with Gasteiger partial charge in [-0.25, -0.2) is 4.79 Å². The number of anilines is 2. The van der Waals surface area contributed by atoms with Gasteiger partial charge in [-0.3, -0.25) is 0 Å². The van der Waals surface area contributed by atoms with Crippen molar-refractivity contribution >= 4 is 17.3 Å². The molecule has 0 bridgehead atoms. The quantitative estimate of drug-likeness (QED) is 0.319. The summed E-state index contributed by atoms with van der Waals surface area (Å²) in [5.41, 5.74) is 7.11. The van der Waals surface area contributed by atoms with Crippen LogP contribution >= 0.6 is 0 Å². The van der Waals surface area contributed by atoms with E-state index in [1.165, 1.54) is 7.11 Å². The Labute approximate surface area is 203 Å². The Bertz CT molecular complexity index is 1100. The van der Waals surface area contributed by atoms with Crippen LogP contribution in [0.4, 0.5) is 11.4 Å². The van der Waals surface area contributed by atoms with Crippen molar-refractivity contribution in [2.45, 2.75) is 34.1 Å². The van der Waals surface area contributed by atoms with Gasteiger partial charge in [0.2, 0.25) is 0 Å². The molecule has 0 radical (unpaired) electrons. The second-order valence-corrected chi connectivity index (χ2v) is 8.85. The van der Waals surface area contributed by atoms with E-state index >= 15 is 0 Å². The lowest BCUT2D eigenvalue weighted by atomic mass is 9.88. The minimum atomic E-state index is -0.361. The number of carbonyl (C=O) groups is 1.